The summed E-state index contributed by atoms with van der Waals surface area (Å²) in [6.45, 7) is -0.737. The average molecular weight is 496 g/mol. The number of hydrogen-bond acceptors (Lipinski definition) is 8. The van der Waals surface area contributed by atoms with Crippen molar-refractivity contribution in [2.45, 2.75) is 0 Å². The maximum atomic E-state index is 13.0. The Kier molecular flexibility index (Phi) is 7.40. The van der Waals surface area contributed by atoms with Gasteiger partial charge in [-0.15, -0.1) is 0 Å². The van der Waals surface area contributed by atoms with Gasteiger partial charge in [-0.1, -0.05) is 42.5 Å². The van der Waals surface area contributed by atoms with Crippen LogP contribution in [0.25, 0.3) is 6.08 Å². The number of amides is 1. The van der Waals surface area contributed by atoms with E-state index in [4.69, 9.17) is 19.5 Å². The van der Waals surface area contributed by atoms with Crippen LogP contribution in [0.4, 0.5) is 5.69 Å². The van der Waals surface area contributed by atoms with Crippen LogP contribution >= 0.6 is 0 Å². The second-order valence-electron chi connectivity index (χ2n) is 7.78. The average Bonchev–Trinajstić information content (AvgIpc) is 2.92. The molecule has 0 saturated carbocycles. The highest BCUT2D eigenvalue weighted by Crippen LogP contribution is 2.32. The van der Waals surface area contributed by atoms with Gasteiger partial charge >= 0.3 is 5.97 Å². The van der Waals surface area contributed by atoms with Crippen LogP contribution in [0.1, 0.15) is 37.4 Å². The molecule has 0 saturated heterocycles. The quantitative estimate of drug-likeness (QED) is 0.289. The number of methoxy groups -OCH3 is 1. The Hall–Kier alpha value is -5.23. The number of nitrogens with zero attached hydrogens (tertiary/aromatic N) is 1. The van der Waals surface area contributed by atoms with Crippen molar-refractivity contribution in [1.82, 2.24) is 0 Å². The number of fused-ring (bicyclic) bond motifs is 2. The molecule has 0 atom stereocenters. The van der Waals surface area contributed by atoms with E-state index in [1.54, 1.807) is 48.5 Å². The predicted molar refractivity (Wildman–Crippen MR) is 132 cm³/mol. The fourth-order valence-corrected chi connectivity index (χ4v) is 3.80. The molecule has 4 rings (SSSR count). The third-order valence-electron chi connectivity index (χ3n) is 5.46. The Morgan fingerprint density at radius 1 is 0.946 bits per heavy atom. The molecule has 0 spiro atoms. The highest BCUT2D eigenvalue weighted by atomic mass is 16.5. The summed E-state index contributed by atoms with van der Waals surface area (Å²) < 4.78 is 15.5. The maximum absolute atomic E-state index is 13.0. The summed E-state index contributed by atoms with van der Waals surface area (Å²) in [7, 11) is 1.45. The SMILES string of the molecule is COc1cc(/C=C/C(=O)OCC(=O)Nc2cccc3c2C(=O)c2ccccc2C3=O)ccc1OCC#N. The predicted octanol–water partition coefficient (Wildman–Crippen LogP) is 3.57. The first kappa shape index (κ1) is 24.9. The molecule has 3 aromatic rings. The Morgan fingerprint density at radius 2 is 1.68 bits per heavy atom. The number of hydrogen-bond donors (Lipinski definition) is 1. The molecule has 37 heavy (non-hydrogen) atoms. The van der Waals surface area contributed by atoms with E-state index < -0.39 is 18.5 Å². The van der Waals surface area contributed by atoms with Crippen LogP contribution in [0.3, 0.4) is 0 Å². The van der Waals surface area contributed by atoms with Crippen molar-refractivity contribution in [2.24, 2.45) is 0 Å². The topological polar surface area (TPSA) is 132 Å². The van der Waals surface area contributed by atoms with Crippen molar-refractivity contribution in [3.8, 4) is 17.6 Å². The number of anilines is 1. The van der Waals surface area contributed by atoms with Crippen molar-refractivity contribution in [3.63, 3.8) is 0 Å². The molecule has 9 nitrogen and oxygen atoms in total. The van der Waals surface area contributed by atoms with Crippen molar-refractivity contribution in [1.29, 1.82) is 5.26 Å². The molecule has 0 radical (unpaired) electrons. The molecule has 3 aromatic carbocycles. The lowest BCUT2D eigenvalue weighted by Crippen LogP contribution is -2.25. The summed E-state index contributed by atoms with van der Waals surface area (Å²) in [5.41, 5.74) is 1.63. The molecular formula is C28H20N2O7. The van der Waals surface area contributed by atoms with Crippen molar-refractivity contribution >= 4 is 35.2 Å². The molecule has 184 valence electrons. The molecule has 0 bridgehead atoms. The normalized spacial score (nSPS) is 11.8. The van der Waals surface area contributed by atoms with Gasteiger partial charge in [0.15, 0.2) is 36.3 Å². The Balaban J connectivity index is 1.39. The first-order valence-electron chi connectivity index (χ1n) is 11.1. The minimum absolute atomic E-state index is 0.0990. The summed E-state index contributed by atoms with van der Waals surface area (Å²) in [6.07, 6.45) is 2.60. The number of rotatable bonds is 8. The lowest BCUT2D eigenvalue weighted by Gasteiger charge is -2.20. The smallest absolute Gasteiger partial charge is 0.331 e. The van der Waals surface area contributed by atoms with Crippen LogP contribution < -0.4 is 14.8 Å². The summed E-state index contributed by atoms with van der Waals surface area (Å²) in [5.74, 6) is -1.36. The van der Waals surface area contributed by atoms with E-state index in [1.165, 1.54) is 25.3 Å². The van der Waals surface area contributed by atoms with E-state index in [2.05, 4.69) is 5.32 Å². The maximum Gasteiger partial charge on any atom is 0.331 e. The highest BCUT2D eigenvalue weighted by Gasteiger charge is 2.31. The number of esters is 1. The molecule has 0 aromatic heterocycles. The van der Waals surface area contributed by atoms with Gasteiger partial charge in [0.25, 0.3) is 5.91 Å². The first-order valence-corrected chi connectivity index (χ1v) is 11.1. The Labute approximate surface area is 211 Å². The van der Waals surface area contributed by atoms with Gasteiger partial charge in [-0.25, -0.2) is 4.79 Å². The van der Waals surface area contributed by atoms with Crippen molar-refractivity contribution < 1.29 is 33.4 Å². The third kappa shape index (κ3) is 5.39. The number of carbonyl (C=O) groups is 4. The molecule has 1 aliphatic rings. The molecular weight excluding hydrogens is 476 g/mol. The largest absolute Gasteiger partial charge is 0.493 e. The van der Waals surface area contributed by atoms with E-state index >= 15 is 0 Å². The molecule has 1 amide bonds. The van der Waals surface area contributed by atoms with Crippen LogP contribution in [0, 0.1) is 11.3 Å². The van der Waals surface area contributed by atoms with Crippen LogP contribution in [0.2, 0.25) is 0 Å². The summed E-state index contributed by atoms with van der Waals surface area (Å²) in [6, 6.07) is 17.8. The van der Waals surface area contributed by atoms with Crippen molar-refractivity contribution in [3.05, 3.63) is 94.6 Å². The van der Waals surface area contributed by atoms with E-state index in [9.17, 15) is 19.2 Å². The summed E-state index contributed by atoms with van der Waals surface area (Å²) in [4.78, 5) is 50.4. The summed E-state index contributed by atoms with van der Waals surface area (Å²) in [5, 5.41) is 11.2. The zero-order valence-corrected chi connectivity index (χ0v) is 19.6. The van der Waals surface area contributed by atoms with E-state index in [0.29, 0.717) is 22.6 Å². The second-order valence-corrected chi connectivity index (χ2v) is 7.78. The molecule has 0 fully saturated rings. The van der Waals surface area contributed by atoms with Crippen molar-refractivity contribution in [2.75, 3.05) is 25.6 Å². The molecule has 0 heterocycles. The van der Waals surface area contributed by atoms with Gasteiger partial charge in [-0.3, -0.25) is 14.4 Å². The monoisotopic (exact) mass is 496 g/mol. The standard InChI is InChI=1S/C28H20N2O7/c1-35-23-15-17(9-11-22(23)36-14-13-29)10-12-25(32)37-16-24(31)30-21-8-4-7-20-26(21)28(34)19-6-3-2-5-18(19)27(20)33/h2-12,15H,14,16H2,1H3,(H,30,31)/b12-10+. The van der Waals surface area contributed by atoms with Gasteiger partial charge in [0, 0.05) is 22.8 Å². The van der Waals surface area contributed by atoms with Gasteiger partial charge in [-0.05, 0) is 29.8 Å². The second kappa shape index (κ2) is 11.0. The lowest BCUT2D eigenvalue weighted by molar-refractivity contribution is -0.142. The third-order valence-corrected chi connectivity index (χ3v) is 5.46. The fraction of sp³-hybridized carbons (Fsp3) is 0.107. The van der Waals surface area contributed by atoms with Crippen LogP contribution in [-0.4, -0.2) is 43.8 Å². The highest BCUT2D eigenvalue weighted by molar-refractivity contribution is 6.30. The molecule has 9 heteroatoms. The van der Waals surface area contributed by atoms with Crippen LogP contribution in [-0.2, 0) is 14.3 Å². The van der Waals surface area contributed by atoms with Gasteiger partial charge < -0.3 is 19.5 Å². The zero-order valence-electron chi connectivity index (χ0n) is 19.6. The van der Waals surface area contributed by atoms with E-state index in [1.807, 2.05) is 6.07 Å². The fourth-order valence-electron chi connectivity index (χ4n) is 3.80. The Morgan fingerprint density at radius 3 is 2.41 bits per heavy atom. The molecule has 0 aliphatic heterocycles. The van der Waals surface area contributed by atoms with Crippen LogP contribution in [0.15, 0.2) is 66.7 Å². The zero-order chi connectivity index (χ0) is 26.4. The van der Waals surface area contributed by atoms with Gasteiger partial charge in [-0.2, -0.15) is 5.26 Å². The number of benzene rings is 3. The lowest BCUT2D eigenvalue weighted by atomic mass is 9.83. The minimum atomic E-state index is -0.769. The molecule has 1 N–H and O–H groups in total. The van der Waals surface area contributed by atoms with Gasteiger partial charge in [0.2, 0.25) is 0 Å². The van der Waals surface area contributed by atoms with Gasteiger partial charge in [0.05, 0.1) is 18.4 Å². The van der Waals surface area contributed by atoms with Crippen LogP contribution in [0.5, 0.6) is 11.5 Å². The number of ether oxygens (including phenoxy) is 3. The van der Waals surface area contributed by atoms with E-state index in [-0.39, 0.29) is 40.6 Å². The van der Waals surface area contributed by atoms with E-state index in [0.717, 1.165) is 6.08 Å². The molecule has 0 unspecified atom stereocenters. The number of carbonyl (C=O) groups excluding carboxylic acids is 4. The van der Waals surface area contributed by atoms with Gasteiger partial charge in [0.1, 0.15) is 6.07 Å². The summed E-state index contributed by atoms with van der Waals surface area (Å²) >= 11 is 0. The number of ketones is 2. The first-order chi connectivity index (χ1) is 17.9. The molecule has 1 aliphatic carbocycles. The minimum Gasteiger partial charge on any atom is -0.493 e. The Bertz CT molecular complexity index is 1480. The number of nitriles is 1. The number of nitrogens with one attached hydrogen (secondary N) is 1.